The molecule has 0 spiro atoms. The third-order valence-electron chi connectivity index (χ3n) is 1.95. The smallest absolute Gasteiger partial charge is 0.297 e. The molecule has 0 atom stereocenters. The summed E-state index contributed by atoms with van der Waals surface area (Å²) in [6.07, 6.45) is 3.86. The topological polar surface area (TPSA) is 78.0 Å². The average Bonchev–Trinajstić information content (AvgIpc) is 2.82. The number of nitro groups is 1. The lowest BCUT2D eigenvalue weighted by molar-refractivity contribution is -0.380. The fourth-order valence-corrected chi connectivity index (χ4v) is 2.06. The molecular formula is C9H7N3O3S. The standard InChI is InChI=1S/C9H7N3O3S/c1-6-3-10-11(4-6)8-2-7(5-13)16-9(8)12(14)15/h2-5H,1H3. The van der Waals surface area contributed by atoms with Crippen LogP contribution in [-0.4, -0.2) is 21.0 Å². The van der Waals surface area contributed by atoms with Gasteiger partial charge in [0.1, 0.15) is 0 Å². The predicted octanol–water partition coefficient (Wildman–Crippen LogP) is 1.96. The Balaban J connectivity index is 2.58. The van der Waals surface area contributed by atoms with Crippen LogP contribution in [0.4, 0.5) is 5.00 Å². The molecule has 2 heterocycles. The average molecular weight is 237 g/mol. The van der Waals surface area contributed by atoms with Gasteiger partial charge in [0.05, 0.1) is 16.0 Å². The summed E-state index contributed by atoms with van der Waals surface area (Å²) in [4.78, 5) is 21.2. The normalized spacial score (nSPS) is 10.3. The molecule has 2 aromatic rings. The van der Waals surface area contributed by atoms with Gasteiger partial charge in [0.2, 0.25) is 0 Å². The Bertz CT molecular complexity index is 558. The number of carbonyl (C=O) groups is 1. The van der Waals surface area contributed by atoms with E-state index in [-0.39, 0.29) is 5.00 Å². The van der Waals surface area contributed by atoms with Gasteiger partial charge in [-0.2, -0.15) is 5.10 Å². The van der Waals surface area contributed by atoms with Crippen molar-refractivity contribution in [1.82, 2.24) is 9.78 Å². The Morgan fingerprint density at radius 1 is 1.62 bits per heavy atom. The van der Waals surface area contributed by atoms with Gasteiger partial charge >= 0.3 is 5.00 Å². The molecule has 0 aliphatic rings. The lowest BCUT2D eigenvalue weighted by Crippen LogP contribution is -1.96. The van der Waals surface area contributed by atoms with E-state index < -0.39 is 4.92 Å². The quantitative estimate of drug-likeness (QED) is 0.464. The summed E-state index contributed by atoms with van der Waals surface area (Å²) in [5.74, 6) is 0. The summed E-state index contributed by atoms with van der Waals surface area (Å²) in [7, 11) is 0. The maximum Gasteiger partial charge on any atom is 0.350 e. The van der Waals surface area contributed by atoms with E-state index >= 15 is 0 Å². The molecule has 2 rings (SSSR count). The van der Waals surface area contributed by atoms with Crippen LogP contribution in [0.15, 0.2) is 18.5 Å². The van der Waals surface area contributed by atoms with E-state index in [0.29, 0.717) is 16.9 Å². The third kappa shape index (κ3) is 1.72. The van der Waals surface area contributed by atoms with Crippen molar-refractivity contribution in [3.8, 4) is 5.69 Å². The number of carbonyl (C=O) groups excluding carboxylic acids is 1. The van der Waals surface area contributed by atoms with Crippen LogP contribution in [-0.2, 0) is 0 Å². The first-order chi connectivity index (χ1) is 7.61. The zero-order chi connectivity index (χ0) is 11.7. The second kappa shape index (κ2) is 3.86. The summed E-state index contributed by atoms with van der Waals surface area (Å²) in [5.41, 5.74) is 1.22. The first-order valence-corrected chi connectivity index (χ1v) is 5.18. The molecule has 16 heavy (non-hydrogen) atoms. The van der Waals surface area contributed by atoms with Crippen molar-refractivity contribution in [2.45, 2.75) is 6.92 Å². The van der Waals surface area contributed by atoms with Gasteiger partial charge in [-0.15, -0.1) is 0 Å². The van der Waals surface area contributed by atoms with Crippen LogP contribution in [0.1, 0.15) is 15.2 Å². The Hall–Kier alpha value is -2.02. The summed E-state index contributed by atoms with van der Waals surface area (Å²) < 4.78 is 1.40. The van der Waals surface area contributed by atoms with Gasteiger partial charge in [-0.1, -0.05) is 11.3 Å². The first kappa shape index (κ1) is 10.5. The molecule has 0 radical (unpaired) electrons. The SMILES string of the molecule is Cc1cnn(-c2cc(C=O)sc2[N+](=O)[O-])c1. The lowest BCUT2D eigenvalue weighted by atomic mass is 10.4. The van der Waals surface area contributed by atoms with E-state index in [1.165, 1.54) is 10.7 Å². The molecule has 0 bridgehead atoms. The predicted molar refractivity (Wildman–Crippen MR) is 58.2 cm³/mol. The van der Waals surface area contributed by atoms with Crippen LogP contribution in [0.2, 0.25) is 0 Å². The van der Waals surface area contributed by atoms with Crippen molar-refractivity contribution in [3.05, 3.63) is 39.0 Å². The zero-order valence-corrected chi connectivity index (χ0v) is 9.10. The number of thiophene rings is 1. The highest BCUT2D eigenvalue weighted by molar-refractivity contribution is 7.17. The molecular weight excluding hydrogens is 230 g/mol. The molecule has 0 aliphatic heterocycles. The number of aromatic nitrogens is 2. The zero-order valence-electron chi connectivity index (χ0n) is 8.28. The molecule has 0 N–H and O–H groups in total. The van der Waals surface area contributed by atoms with Crippen molar-refractivity contribution >= 4 is 22.6 Å². The first-order valence-electron chi connectivity index (χ1n) is 4.37. The van der Waals surface area contributed by atoms with Gasteiger partial charge in [0, 0.05) is 6.20 Å². The molecule has 6 nitrogen and oxygen atoms in total. The fourth-order valence-electron chi connectivity index (χ4n) is 1.29. The van der Waals surface area contributed by atoms with Gasteiger partial charge in [0.15, 0.2) is 12.0 Å². The lowest BCUT2D eigenvalue weighted by Gasteiger charge is -1.95. The molecule has 82 valence electrons. The van der Waals surface area contributed by atoms with E-state index in [2.05, 4.69) is 5.10 Å². The molecule has 0 fully saturated rings. The van der Waals surface area contributed by atoms with Gasteiger partial charge < -0.3 is 0 Å². The Morgan fingerprint density at radius 2 is 2.38 bits per heavy atom. The van der Waals surface area contributed by atoms with Gasteiger partial charge in [-0.3, -0.25) is 14.9 Å². The summed E-state index contributed by atoms with van der Waals surface area (Å²) >= 11 is 0.844. The number of aldehydes is 1. The summed E-state index contributed by atoms with van der Waals surface area (Å²) in [6.45, 7) is 1.84. The fraction of sp³-hybridized carbons (Fsp3) is 0.111. The van der Waals surface area contributed by atoms with Gasteiger partial charge in [0.25, 0.3) is 0 Å². The van der Waals surface area contributed by atoms with E-state index in [9.17, 15) is 14.9 Å². The van der Waals surface area contributed by atoms with Crippen molar-refractivity contribution in [1.29, 1.82) is 0 Å². The van der Waals surface area contributed by atoms with Crippen molar-refractivity contribution in [2.75, 3.05) is 0 Å². The minimum absolute atomic E-state index is 0.0785. The molecule has 2 aromatic heterocycles. The van der Waals surface area contributed by atoms with Crippen LogP contribution in [0.25, 0.3) is 5.69 Å². The van der Waals surface area contributed by atoms with E-state index in [4.69, 9.17) is 0 Å². The van der Waals surface area contributed by atoms with Crippen LogP contribution >= 0.6 is 11.3 Å². The molecule has 0 saturated carbocycles. The van der Waals surface area contributed by atoms with Gasteiger partial charge in [-0.25, -0.2) is 4.68 Å². The maximum atomic E-state index is 10.8. The van der Waals surface area contributed by atoms with Crippen molar-refractivity contribution < 1.29 is 9.72 Å². The Morgan fingerprint density at radius 3 is 2.88 bits per heavy atom. The van der Waals surface area contributed by atoms with Crippen molar-refractivity contribution in [2.24, 2.45) is 0 Å². The highest BCUT2D eigenvalue weighted by Gasteiger charge is 2.20. The van der Waals surface area contributed by atoms with Crippen LogP contribution in [0, 0.1) is 17.0 Å². The minimum Gasteiger partial charge on any atom is -0.297 e. The highest BCUT2D eigenvalue weighted by Crippen LogP contribution is 2.31. The van der Waals surface area contributed by atoms with Crippen LogP contribution < -0.4 is 0 Å². The number of nitrogens with zero attached hydrogens (tertiary/aromatic N) is 3. The van der Waals surface area contributed by atoms with Crippen molar-refractivity contribution in [3.63, 3.8) is 0 Å². The Labute approximate surface area is 94.3 Å². The number of rotatable bonds is 3. The molecule has 0 aliphatic carbocycles. The Kier molecular flexibility index (Phi) is 2.53. The second-order valence-electron chi connectivity index (χ2n) is 3.18. The largest absolute Gasteiger partial charge is 0.350 e. The monoisotopic (exact) mass is 237 g/mol. The number of hydrogen-bond acceptors (Lipinski definition) is 5. The van der Waals surface area contributed by atoms with Crippen LogP contribution in [0.3, 0.4) is 0 Å². The van der Waals surface area contributed by atoms with E-state index in [0.717, 1.165) is 16.9 Å². The summed E-state index contributed by atoms with van der Waals surface area (Å²) in [6, 6.07) is 1.46. The van der Waals surface area contributed by atoms with E-state index in [1.807, 2.05) is 6.92 Å². The van der Waals surface area contributed by atoms with E-state index in [1.54, 1.807) is 12.4 Å². The maximum absolute atomic E-state index is 10.8. The van der Waals surface area contributed by atoms with Crippen LogP contribution in [0.5, 0.6) is 0 Å². The minimum atomic E-state index is -0.510. The highest BCUT2D eigenvalue weighted by atomic mass is 32.1. The number of aryl methyl sites for hydroxylation is 1. The number of hydrogen-bond donors (Lipinski definition) is 0. The molecule has 0 aromatic carbocycles. The second-order valence-corrected chi connectivity index (χ2v) is 4.24. The molecule has 0 unspecified atom stereocenters. The molecule has 7 heteroatoms. The van der Waals surface area contributed by atoms with Gasteiger partial charge in [-0.05, 0) is 18.6 Å². The molecule has 0 amide bonds. The molecule has 0 saturated heterocycles. The summed E-state index contributed by atoms with van der Waals surface area (Å²) in [5, 5.41) is 14.7. The third-order valence-corrected chi connectivity index (χ3v) is 2.95.